The summed E-state index contributed by atoms with van der Waals surface area (Å²) in [5.74, 6) is -0.334. The highest BCUT2D eigenvalue weighted by atomic mass is 79.9. The summed E-state index contributed by atoms with van der Waals surface area (Å²) in [6.07, 6.45) is 0.663. The molecule has 4 nitrogen and oxygen atoms in total. The molecule has 0 saturated carbocycles. The molecule has 2 atom stereocenters. The molecule has 1 aliphatic rings. The largest absolute Gasteiger partial charge is 0.392 e. The summed E-state index contributed by atoms with van der Waals surface area (Å²) >= 11 is 15.4. The number of allylic oxidation sites excluding steroid dienone is 1. The second-order valence-electron chi connectivity index (χ2n) is 4.70. The molecule has 1 aromatic carbocycles. The molecule has 2 rings (SSSR count). The fourth-order valence-electron chi connectivity index (χ4n) is 2.47. The van der Waals surface area contributed by atoms with Gasteiger partial charge in [0.2, 0.25) is 6.04 Å². The number of aliphatic hydroxyl groups excluding tert-OH is 1. The van der Waals surface area contributed by atoms with E-state index in [-0.39, 0.29) is 23.9 Å². The van der Waals surface area contributed by atoms with E-state index in [0.29, 0.717) is 27.6 Å². The van der Waals surface area contributed by atoms with Crippen LogP contribution in [0.4, 0.5) is 0 Å². The summed E-state index contributed by atoms with van der Waals surface area (Å²) in [6.45, 7) is -0.175. The lowest BCUT2D eigenvalue weighted by Crippen LogP contribution is -2.32. The van der Waals surface area contributed by atoms with Crippen molar-refractivity contribution in [2.24, 2.45) is 0 Å². The van der Waals surface area contributed by atoms with Gasteiger partial charge in [0.15, 0.2) is 0 Å². The molecule has 0 saturated heterocycles. The summed E-state index contributed by atoms with van der Waals surface area (Å²) in [5, 5.41) is 21.5. The lowest BCUT2D eigenvalue weighted by Gasteiger charge is -2.28. The van der Waals surface area contributed by atoms with Crippen LogP contribution >= 0.6 is 39.1 Å². The number of hydrogen-bond donors (Lipinski definition) is 1. The van der Waals surface area contributed by atoms with E-state index in [0.717, 1.165) is 4.48 Å². The minimum Gasteiger partial charge on any atom is -0.392 e. The molecule has 0 heterocycles. The fourth-order valence-corrected chi connectivity index (χ4v) is 3.65. The van der Waals surface area contributed by atoms with Crippen molar-refractivity contribution in [2.45, 2.75) is 24.8 Å². The van der Waals surface area contributed by atoms with Crippen LogP contribution in [0.15, 0.2) is 28.3 Å². The van der Waals surface area contributed by atoms with Crippen molar-refractivity contribution >= 4 is 39.1 Å². The highest BCUT2D eigenvalue weighted by Gasteiger charge is 2.39. The summed E-state index contributed by atoms with van der Waals surface area (Å²) < 4.78 is 0.814. The number of hydrogen-bond acceptors (Lipinski definition) is 3. The number of halogens is 3. The molecule has 1 aromatic rings. The highest BCUT2D eigenvalue weighted by molar-refractivity contribution is 9.11. The van der Waals surface area contributed by atoms with Crippen LogP contribution in [0, 0.1) is 10.1 Å². The Morgan fingerprint density at radius 3 is 2.65 bits per heavy atom. The Balaban J connectivity index is 2.43. The zero-order valence-corrected chi connectivity index (χ0v) is 13.5. The Labute approximate surface area is 134 Å². The first-order chi connectivity index (χ1) is 9.43. The number of aliphatic hydroxyl groups is 1. The Morgan fingerprint density at radius 2 is 2.10 bits per heavy atom. The lowest BCUT2D eigenvalue weighted by atomic mass is 9.81. The van der Waals surface area contributed by atoms with E-state index in [2.05, 4.69) is 15.9 Å². The molecule has 0 aromatic heterocycles. The fraction of sp³-hybridized carbons (Fsp3) is 0.385. The van der Waals surface area contributed by atoms with Crippen LogP contribution < -0.4 is 0 Å². The summed E-state index contributed by atoms with van der Waals surface area (Å²) in [5.41, 5.74) is 1.39. The quantitative estimate of drug-likeness (QED) is 0.632. The molecule has 0 amide bonds. The number of nitro groups is 1. The van der Waals surface area contributed by atoms with Crippen LogP contribution in [0.2, 0.25) is 10.0 Å². The van der Waals surface area contributed by atoms with E-state index in [1.54, 1.807) is 18.2 Å². The molecule has 1 N–H and O–H groups in total. The van der Waals surface area contributed by atoms with Crippen LogP contribution in [-0.2, 0) is 0 Å². The monoisotopic (exact) mass is 379 g/mol. The van der Waals surface area contributed by atoms with Crippen LogP contribution in [0.5, 0.6) is 0 Å². The average molecular weight is 381 g/mol. The number of nitrogens with zero attached hydrogens (tertiary/aromatic N) is 1. The molecule has 0 spiro atoms. The molecular formula is C13H12BrCl2NO3. The van der Waals surface area contributed by atoms with Crippen LogP contribution in [0.1, 0.15) is 24.3 Å². The molecule has 20 heavy (non-hydrogen) atoms. The van der Waals surface area contributed by atoms with Gasteiger partial charge in [-0.05, 0) is 34.2 Å². The maximum Gasteiger partial charge on any atom is 0.224 e. The van der Waals surface area contributed by atoms with Gasteiger partial charge in [-0.2, -0.15) is 0 Å². The molecule has 0 fully saturated rings. The smallest absolute Gasteiger partial charge is 0.224 e. The van der Waals surface area contributed by atoms with E-state index in [4.69, 9.17) is 23.2 Å². The summed E-state index contributed by atoms with van der Waals surface area (Å²) in [7, 11) is 0. The van der Waals surface area contributed by atoms with Gasteiger partial charge in [-0.1, -0.05) is 45.2 Å². The Kier molecular flexibility index (Phi) is 5.07. The van der Waals surface area contributed by atoms with Crippen molar-refractivity contribution in [1.82, 2.24) is 0 Å². The first-order valence-electron chi connectivity index (χ1n) is 5.99. The SMILES string of the molecule is O=[N+]([O-])[C@@H]1CC(CO)=C(Br)C[C@H]1c1ccc(Cl)cc1Cl. The molecule has 0 bridgehead atoms. The van der Waals surface area contributed by atoms with Gasteiger partial charge in [0, 0.05) is 21.4 Å². The average Bonchev–Trinajstić information content (AvgIpc) is 2.38. The van der Waals surface area contributed by atoms with Gasteiger partial charge >= 0.3 is 0 Å². The first-order valence-corrected chi connectivity index (χ1v) is 7.54. The van der Waals surface area contributed by atoms with Crippen molar-refractivity contribution < 1.29 is 10.0 Å². The van der Waals surface area contributed by atoms with Gasteiger partial charge in [-0.25, -0.2) is 0 Å². The third kappa shape index (κ3) is 3.17. The van der Waals surface area contributed by atoms with Crippen molar-refractivity contribution in [1.29, 1.82) is 0 Å². The highest BCUT2D eigenvalue weighted by Crippen LogP contribution is 2.42. The van der Waals surface area contributed by atoms with Crippen LogP contribution in [0.25, 0.3) is 0 Å². The molecule has 1 aliphatic carbocycles. The second kappa shape index (κ2) is 6.43. The topological polar surface area (TPSA) is 63.4 Å². The molecule has 0 radical (unpaired) electrons. The first kappa shape index (κ1) is 15.8. The predicted octanol–water partition coefficient (Wildman–Crippen LogP) is 4.16. The molecule has 7 heteroatoms. The normalized spacial score (nSPS) is 23.0. The molecule has 0 aliphatic heterocycles. The van der Waals surface area contributed by atoms with Gasteiger partial charge in [0.1, 0.15) is 0 Å². The van der Waals surface area contributed by atoms with Crippen molar-refractivity contribution in [3.05, 3.63) is 54.0 Å². The van der Waals surface area contributed by atoms with Gasteiger partial charge < -0.3 is 5.11 Å². The lowest BCUT2D eigenvalue weighted by molar-refractivity contribution is -0.527. The number of benzene rings is 1. The summed E-state index contributed by atoms with van der Waals surface area (Å²) in [6, 6.07) is 4.21. The molecule has 0 unspecified atom stereocenters. The minimum absolute atomic E-state index is 0.175. The van der Waals surface area contributed by atoms with Crippen molar-refractivity contribution in [3.8, 4) is 0 Å². The van der Waals surface area contributed by atoms with Gasteiger partial charge in [-0.3, -0.25) is 10.1 Å². The molecule has 108 valence electrons. The summed E-state index contributed by atoms with van der Waals surface area (Å²) in [4.78, 5) is 11.0. The maximum atomic E-state index is 11.3. The van der Waals surface area contributed by atoms with E-state index >= 15 is 0 Å². The second-order valence-corrected chi connectivity index (χ2v) is 6.50. The Hall–Kier alpha value is -0.620. The third-order valence-electron chi connectivity index (χ3n) is 3.53. The third-order valence-corrected chi connectivity index (χ3v) is 4.97. The van der Waals surface area contributed by atoms with E-state index < -0.39 is 6.04 Å². The van der Waals surface area contributed by atoms with Gasteiger partial charge in [0.05, 0.1) is 12.5 Å². The van der Waals surface area contributed by atoms with Crippen LogP contribution in [-0.4, -0.2) is 22.7 Å². The molecular weight excluding hydrogens is 369 g/mol. The maximum absolute atomic E-state index is 11.3. The zero-order valence-electron chi connectivity index (χ0n) is 10.4. The van der Waals surface area contributed by atoms with E-state index in [1.807, 2.05) is 0 Å². The predicted molar refractivity (Wildman–Crippen MR) is 82.3 cm³/mol. The Morgan fingerprint density at radius 1 is 1.40 bits per heavy atom. The minimum atomic E-state index is -0.794. The van der Waals surface area contributed by atoms with E-state index in [9.17, 15) is 15.2 Å². The van der Waals surface area contributed by atoms with Crippen molar-refractivity contribution in [3.63, 3.8) is 0 Å². The van der Waals surface area contributed by atoms with Gasteiger partial charge in [-0.15, -0.1) is 0 Å². The Bertz CT molecular complexity index is 577. The zero-order chi connectivity index (χ0) is 14.9. The number of rotatable bonds is 3. The van der Waals surface area contributed by atoms with E-state index in [1.165, 1.54) is 0 Å². The standard InChI is InChI=1S/C13H12BrCl2NO3/c14-11-5-10(9-2-1-8(15)4-12(9)16)13(17(19)20)3-7(11)6-18/h1-2,4,10,13,18H,3,5-6H2/t10-,13+/m0/s1. The van der Waals surface area contributed by atoms with Gasteiger partial charge in [0.25, 0.3) is 0 Å². The van der Waals surface area contributed by atoms with Crippen LogP contribution in [0.3, 0.4) is 0 Å². The van der Waals surface area contributed by atoms with Crippen molar-refractivity contribution in [2.75, 3.05) is 6.61 Å².